The van der Waals surface area contributed by atoms with E-state index in [0.29, 0.717) is 0 Å². The zero-order valence-corrected chi connectivity index (χ0v) is 23.7. The number of rotatable bonds is 3. The van der Waals surface area contributed by atoms with Gasteiger partial charge in [-0.3, -0.25) is 0 Å². The second-order valence-corrected chi connectivity index (χ2v) is 12.6. The van der Waals surface area contributed by atoms with Crippen LogP contribution in [-0.2, 0) is 0 Å². The van der Waals surface area contributed by atoms with E-state index in [2.05, 4.69) is 144 Å². The molecule has 192 valence electrons. The molecule has 3 heterocycles. The first-order valence-corrected chi connectivity index (χ1v) is 15.5. The summed E-state index contributed by atoms with van der Waals surface area (Å²) in [5.74, 6) is 0. The molecule has 0 saturated heterocycles. The topological polar surface area (TPSA) is 4.93 Å². The fourth-order valence-electron chi connectivity index (χ4n) is 6.37. The molecule has 0 radical (unpaired) electrons. The average molecular weight is 558 g/mol. The van der Waals surface area contributed by atoms with E-state index < -0.39 is 0 Å². The van der Waals surface area contributed by atoms with E-state index in [4.69, 9.17) is 0 Å². The highest BCUT2D eigenvalue weighted by Gasteiger charge is 2.19. The molecule has 0 amide bonds. The monoisotopic (exact) mass is 557 g/mol. The van der Waals surface area contributed by atoms with Crippen molar-refractivity contribution in [2.45, 2.75) is 0 Å². The van der Waals surface area contributed by atoms with Gasteiger partial charge in [0, 0.05) is 41.3 Å². The molecule has 0 fully saturated rings. The highest BCUT2D eigenvalue weighted by molar-refractivity contribution is 7.27. The van der Waals surface area contributed by atoms with Gasteiger partial charge in [-0.05, 0) is 46.5 Å². The first kappa shape index (κ1) is 23.0. The largest absolute Gasteiger partial charge is 0.308 e. The van der Waals surface area contributed by atoms with Gasteiger partial charge in [-0.25, -0.2) is 0 Å². The molecule has 9 aromatic rings. The van der Waals surface area contributed by atoms with Crippen molar-refractivity contribution in [1.29, 1.82) is 0 Å². The highest BCUT2D eigenvalue weighted by atomic mass is 32.1. The van der Waals surface area contributed by atoms with Crippen molar-refractivity contribution in [3.8, 4) is 27.9 Å². The number of hydrogen-bond donors (Lipinski definition) is 0. The minimum Gasteiger partial charge on any atom is -0.308 e. The summed E-state index contributed by atoms with van der Waals surface area (Å²) in [6.45, 7) is 0. The first-order valence-electron chi connectivity index (χ1n) is 13.9. The summed E-state index contributed by atoms with van der Waals surface area (Å²) in [4.78, 5) is 0. The number of benzene rings is 6. The van der Waals surface area contributed by atoms with E-state index in [1.165, 1.54) is 79.3 Å². The summed E-state index contributed by atoms with van der Waals surface area (Å²) in [5, 5.41) is 5.30. The highest BCUT2D eigenvalue weighted by Crippen LogP contribution is 2.46. The second kappa shape index (κ2) is 8.90. The molecule has 0 spiro atoms. The summed E-state index contributed by atoms with van der Waals surface area (Å²) in [6.07, 6.45) is 0. The number of hydrogen-bond acceptors (Lipinski definition) is 2. The summed E-state index contributed by atoms with van der Waals surface area (Å²) >= 11 is 3.80. The maximum absolute atomic E-state index is 2.43. The third-order valence-corrected chi connectivity index (χ3v) is 10.7. The van der Waals surface area contributed by atoms with Gasteiger partial charge in [0.25, 0.3) is 0 Å². The summed E-state index contributed by atoms with van der Waals surface area (Å²) in [5.41, 5.74) is 8.86. The number of para-hydroxylation sites is 2. The van der Waals surface area contributed by atoms with Gasteiger partial charge >= 0.3 is 0 Å². The Bertz CT molecular complexity index is 2400. The predicted octanol–water partition coefficient (Wildman–Crippen LogP) is 11.7. The molecule has 0 saturated carbocycles. The van der Waals surface area contributed by atoms with Crippen molar-refractivity contribution in [2.75, 3.05) is 0 Å². The Morgan fingerprint density at radius 1 is 0.390 bits per heavy atom. The van der Waals surface area contributed by atoms with Gasteiger partial charge in [0.15, 0.2) is 0 Å². The molecule has 0 N–H and O–H groups in total. The van der Waals surface area contributed by atoms with E-state index >= 15 is 0 Å². The van der Waals surface area contributed by atoms with E-state index in [1.807, 2.05) is 22.7 Å². The smallest absolute Gasteiger partial charge is 0.0727 e. The van der Waals surface area contributed by atoms with Crippen LogP contribution in [0.4, 0.5) is 0 Å². The maximum atomic E-state index is 2.43. The van der Waals surface area contributed by atoms with Crippen LogP contribution in [0.2, 0.25) is 0 Å². The van der Waals surface area contributed by atoms with Gasteiger partial charge in [0.2, 0.25) is 0 Å². The lowest BCUT2D eigenvalue weighted by Crippen LogP contribution is -1.92. The Kier molecular flexibility index (Phi) is 5.00. The van der Waals surface area contributed by atoms with Crippen molar-refractivity contribution in [3.05, 3.63) is 140 Å². The first-order chi connectivity index (χ1) is 20.3. The van der Waals surface area contributed by atoms with Crippen LogP contribution in [0.15, 0.2) is 140 Å². The molecule has 41 heavy (non-hydrogen) atoms. The number of nitrogens with zero attached hydrogens (tertiary/aromatic N) is 1. The van der Waals surface area contributed by atoms with Crippen LogP contribution in [-0.4, -0.2) is 4.57 Å². The van der Waals surface area contributed by atoms with Crippen LogP contribution in [0.3, 0.4) is 0 Å². The minimum absolute atomic E-state index is 1.20. The molecule has 0 bridgehead atoms. The quantitative estimate of drug-likeness (QED) is 0.204. The molecule has 1 nitrogen and oxygen atoms in total. The SMILES string of the molecule is c1ccc(-n2c3ccccc3c3sc4c(-c5ccc(-c6cccc7c6sc6ccccc67)cc5)cccc4c32)cc1. The fraction of sp³-hybridized carbons (Fsp3) is 0. The molecule has 3 aromatic heterocycles. The molecule has 9 rings (SSSR count). The van der Waals surface area contributed by atoms with Gasteiger partial charge in [-0.15, -0.1) is 22.7 Å². The van der Waals surface area contributed by atoms with Crippen molar-refractivity contribution in [1.82, 2.24) is 4.57 Å². The van der Waals surface area contributed by atoms with E-state index in [1.54, 1.807) is 0 Å². The lowest BCUT2D eigenvalue weighted by Gasteiger charge is -2.09. The van der Waals surface area contributed by atoms with Crippen molar-refractivity contribution < 1.29 is 0 Å². The van der Waals surface area contributed by atoms with E-state index in [9.17, 15) is 0 Å². The second-order valence-electron chi connectivity index (χ2n) is 10.5. The third kappa shape index (κ3) is 3.40. The van der Waals surface area contributed by atoms with Crippen LogP contribution in [0.5, 0.6) is 0 Å². The van der Waals surface area contributed by atoms with Crippen molar-refractivity contribution in [2.24, 2.45) is 0 Å². The summed E-state index contributed by atoms with van der Waals surface area (Å²) in [7, 11) is 0. The van der Waals surface area contributed by atoms with Crippen LogP contribution in [0, 0.1) is 0 Å². The Balaban J connectivity index is 1.22. The molecule has 6 aromatic carbocycles. The van der Waals surface area contributed by atoms with Crippen LogP contribution in [0.1, 0.15) is 0 Å². The van der Waals surface area contributed by atoms with Crippen LogP contribution in [0.25, 0.3) is 79.3 Å². The summed E-state index contributed by atoms with van der Waals surface area (Å²) in [6, 6.07) is 50.9. The molecule has 0 aliphatic heterocycles. The van der Waals surface area contributed by atoms with Crippen molar-refractivity contribution >= 4 is 74.1 Å². The average Bonchev–Trinajstić information content (AvgIpc) is 3.70. The zero-order valence-electron chi connectivity index (χ0n) is 22.0. The molecule has 0 aliphatic rings. The predicted molar refractivity (Wildman–Crippen MR) is 180 cm³/mol. The van der Waals surface area contributed by atoms with Crippen LogP contribution >= 0.6 is 22.7 Å². The fourth-order valence-corrected chi connectivity index (χ4v) is 8.96. The Hall–Kier alpha value is -4.70. The molecule has 0 aliphatic carbocycles. The molecule has 0 unspecified atom stereocenters. The number of aromatic nitrogens is 1. The molecular formula is C38H23NS2. The molecule has 3 heteroatoms. The van der Waals surface area contributed by atoms with Crippen LogP contribution < -0.4 is 0 Å². The minimum atomic E-state index is 1.20. The Morgan fingerprint density at radius 3 is 1.73 bits per heavy atom. The summed E-state index contributed by atoms with van der Waals surface area (Å²) < 4.78 is 7.82. The molecule has 0 atom stereocenters. The van der Waals surface area contributed by atoms with Gasteiger partial charge in [0.05, 0.1) is 15.7 Å². The zero-order chi connectivity index (χ0) is 26.9. The Labute approximate surface area is 245 Å². The van der Waals surface area contributed by atoms with E-state index in [0.717, 1.165) is 0 Å². The van der Waals surface area contributed by atoms with Crippen molar-refractivity contribution in [3.63, 3.8) is 0 Å². The Morgan fingerprint density at radius 2 is 0.976 bits per heavy atom. The third-order valence-electron chi connectivity index (χ3n) is 8.23. The number of fused-ring (bicyclic) bond motifs is 8. The number of thiophene rings is 2. The maximum Gasteiger partial charge on any atom is 0.0727 e. The lowest BCUT2D eigenvalue weighted by molar-refractivity contribution is 1.19. The van der Waals surface area contributed by atoms with Gasteiger partial charge in [-0.2, -0.15) is 0 Å². The van der Waals surface area contributed by atoms with Gasteiger partial charge in [0.1, 0.15) is 0 Å². The van der Waals surface area contributed by atoms with Gasteiger partial charge < -0.3 is 4.57 Å². The molecular weight excluding hydrogens is 535 g/mol. The standard InChI is InChI=1S/C38H23NS2/c1-2-10-26(11-3-1)39-33-18-6-4-13-31(33)38-35(39)32-17-9-15-28(37(32)41-38)25-22-20-24(21-23-25)27-14-8-16-30-29-12-5-7-19-34(29)40-36(27)30/h1-23H. The normalized spacial score (nSPS) is 11.9. The van der Waals surface area contributed by atoms with Gasteiger partial charge in [-0.1, -0.05) is 115 Å². The van der Waals surface area contributed by atoms with E-state index in [-0.39, 0.29) is 0 Å². The lowest BCUT2D eigenvalue weighted by atomic mass is 9.98.